The molecule has 0 radical (unpaired) electrons. The molecule has 0 unspecified atom stereocenters. The molecule has 1 heterocycles. The molecule has 1 saturated heterocycles. The van der Waals surface area contributed by atoms with Gasteiger partial charge >= 0.3 is 0 Å². The number of likely N-dealkylation sites (tertiary alicyclic amines) is 1. The van der Waals surface area contributed by atoms with Crippen LogP contribution in [0.1, 0.15) is 30.1 Å². The van der Waals surface area contributed by atoms with Gasteiger partial charge in [0.25, 0.3) is 5.91 Å². The maximum Gasteiger partial charge on any atom is 0.261 e. The summed E-state index contributed by atoms with van der Waals surface area (Å²) in [5, 5.41) is 3.47. The third-order valence-corrected chi connectivity index (χ3v) is 2.99. The molecule has 1 aromatic carbocycles. The fourth-order valence-corrected chi connectivity index (χ4v) is 2.06. The molecule has 1 aliphatic heterocycles. The van der Waals surface area contributed by atoms with E-state index in [2.05, 4.69) is 10.0 Å². The summed E-state index contributed by atoms with van der Waals surface area (Å²) >= 11 is 0. The average Bonchev–Trinajstić information content (AvgIpc) is 2.69. The predicted octanol–water partition coefficient (Wildman–Crippen LogP) is 2.78. The van der Waals surface area contributed by atoms with Crippen LogP contribution in [-0.2, 0) is 4.79 Å². The van der Waals surface area contributed by atoms with E-state index in [0.29, 0.717) is 12.8 Å². The molecule has 0 aliphatic carbocycles. The summed E-state index contributed by atoms with van der Waals surface area (Å²) in [5.41, 5.74) is 8.97. The van der Waals surface area contributed by atoms with Crippen molar-refractivity contribution in [2.75, 3.05) is 0 Å². The largest absolute Gasteiger partial charge is 0.276 e. The molecule has 1 aliphatic rings. The molecule has 0 saturated carbocycles. The van der Waals surface area contributed by atoms with E-state index >= 15 is 0 Å². The number of nitrogens with zero attached hydrogens (tertiary/aromatic N) is 4. The van der Waals surface area contributed by atoms with Crippen molar-refractivity contribution in [1.29, 1.82) is 0 Å². The van der Waals surface area contributed by atoms with Gasteiger partial charge in [0.1, 0.15) is 0 Å². The fourth-order valence-electron chi connectivity index (χ4n) is 2.06. The average molecular weight is 244 g/mol. The van der Waals surface area contributed by atoms with Crippen molar-refractivity contribution in [3.8, 4) is 0 Å². The second-order valence-corrected chi connectivity index (χ2v) is 4.16. The first-order valence-corrected chi connectivity index (χ1v) is 5.65. The number of carbonyl (C=O) groups excluding carboxylic acids is 2. The normalized spacial score (nSPS) is 18.6. The highest BCUT2D eigenvalue weighted by atomic mass is 16.2. The summed E-state index contributed by atoms with van der Waals surface area (Å²) in [6.07, 6.45) is 1.06. The van der Waals surface area contributed by atoms with Gasteiger partial charge in [-0.1, -0.05) is 23.3 Å². The Kier molecular flexibility index (Phi) is 3.30. The maximum absolute atomic E-state index is 12.3. The first-order chi connectivity index (χ1) is 8.65. The van der Waals surface area contributed by atoms with Gasteiger partial charge in [-0.05, 0) is 24.9 Å². The Morgan fingerprint density at radius 2 is 2.22 bits per heavy atom. The number of hydrogen-bond donors (Lipinski definition) is 0. The fraction of sp³-hybridized carbons (Fsp3) is 0.333. The van der Waals surface area contributed by atoms with Gasteiger partial charge in [0.2, 0.25) is 5.91 Å². The number of imide groups is 1. The molecule has 1 aromatic rings. The van der Waals surface area contributed by atoms with E-state index in [4.69, 9.17) is 5.53 Å². The molecular weight excluding hydrogens is 232 g/mol. The zero-order valence-corrected chi connectivity index (χ0v) is 9.91. The van der Waals surface area contributed by atoms with Gasteiger partial charge in [-0.15, -0.1) is 0 Å². The highest BCUT2D eigenvalue weighted by Crippen LogP contribution is 2.25. The Bertz CT molecular complexity index is 549. The predicted molar refractivity (Wildman–Crippen MR) is 65.1 cm³/mol. The van der Waals surface area contributed by atoms with Gasteiger partial charge in [-0.2, -0.15) is 0 Å². The SMILES string of the molecule is C[C@@H]1CCC(=O)N1C(=O)c1ccccc1N=[N+]=[N-]. The zero-order valence-electron chi connectivity index (χ0n) is 9.91. The minimum absolute atomic E-state index is 0.107. The second kappa shape index (κ2) is 4.89. The molecular formula is C12H12N4O2. The number of amides is 2. The van der Waals surface area contributed by atoms with Crippen LogP contribution in [-0.4, -0.2) is 22.8 Å². The quantitative estimate of drug-likeness (QED) is 0.346. The molecule has 1 atom stereocenters. The lowest BCUT2D eigenvalue weighted by atomic mass is 10.1. The molecule has 0 N–H and O–H groups in total. The van der Waals surface area contributed by atoms with Crippen LogP contribution < -0.4 is 0 Å². The first-order valence-electron chi connectivity index (χ1n) is 5.65. The van der Waals surface area contributed by atoms with Gasteiger partial charge in [0, 0.05) is 22.9 Å². The highest BCUT2D eigenvalue weighted by molar-refractivity contribution is 6.08. The summed E-state index contributed by atoms with van der Waals surface area (Å²) in [5.74, 6) is -0.573. The third kappa shape index (κ3) is 2.06. The number of benzene rings is 1. The summed E-state index contributed by atoms with van der Waals surface area (Å²) < 4.78 is 0. The van der Waals surface area contributed by atoms with Crippen molar-refractivity contribution in [3.63, 3.8) is 0 Å². The number of hydrogen-bond acceptors (Lipinski definition) is 3. The van der Waals surface area contributed by atoms with Crippen molar-refractivity contribution >= 4 is 17.5 Å². The smallest absolute Gasteiger partial charge is 0.261 e. The zero-order chi connectivity index (χ0) is 13.1. The Morgan fingerprint density at radius 1 is 1.50 bits per heavy atom. The summed E-state index contributed by atoms with van der Waals surface area (Å²) in [4.78, 5) is 27.9. The van der Waals surface area contributed by atoms with Crippen LogP contribution in [0.15, 0.2) is 29.4 Å². The molecule has 0 bridgehead atoms. The minimum Gasteiger partial charge on any atom is -0.276 e. The Morgan fingerprint density at radius 3 is 2.83 bits per heavy atom. The molecule has 2 amide bonds. The highest BCUT2D eigenvalue weighted by Gasteiger charge is 2.33. The third-order valence-electron chi connectivity index (χ3n) is 2.99. The second-order valence-electron chi connectivity index (χ2n) is 4.16. The van der Waals surface area contributed by atoms with Crippen LogP contribution in [0.2, 0.25) is 0 Å². The summed E-state index contributed by atoms with van der Waals surface area (Å²) in [6, 6.07) is 6.36. The molecule has 18 heavy (non-hydrogen) atoms. The Balaban J connectivity index is 2.40. The Labute approximate surface area is 104 Å². The Hall–Kier alpha value is -2.33. The lowest BCUT2D eigenvalue weighted by molar-refractivity contribution is -0.126. The van der Waals surface area contributed by atoms with E-state index in [1.54, 1.807) is 24.3 Å². The molecule has 6 heteroatoms. The minimum atomic E-state index is -0.395. The van der Waals surface area contributed by atoms with Crippen molar-refractivity contribution in [2.45, 2.75) is 25.8 Å². The molecule has 2 rings (SSSR count). The number of rotatable bonds is 2. The molecule has 0 aromatic heterocycles. The van der Waals surface area contributed by atoms with E-state index in [0.717, 1.165) is 0 Å². The van der Waals surface area contributed by atoms with Crippen LogP contribution >= 0.6 is 0 Å². The topological polar surface area (TPSA) is 86.1 Å². The van der Waals surface area contributed by atoms with E-state index < -0.39 is 5.91 Å². The van der Waals surface area contributed by atoms with Crippen molar-refractivity contribution in [3.05, 3.63) is 40.3 Å². The molecule has 0 spiro atoms. The maximum atomic E-state index is 12.3. The summed E-state index contributed by atoms with van der Waals surface area (Å²) in [6.45, 7) is 1.83. The van der Waals surface area contributed by atoms with Crippen molar-refractivity contribution < 1.29 is 9.59 Å². The summed E-state index contributed by atoms with van der Waals surface area (Å²) in [7, 11) is 0. The lowest BCUT2D eigenvalue weighted by Crippen LogP contribution is -2.37. The number of carbonyl (C=O) groups is 2. The first kappa shape index (κ1) is 12.1. The van der Waals surface area contributed by atoms with Gasteiger partial charge in [0.15, 0.2) is 0 Å². The van der Waals surface area contributed by atoms with Crippen LogP contribution in [0, 0.1) is 0 Å². The van der Waals surface area contributed by atoms with Crippen LogP contribution in [0.5, 0.6) is 0 Å². The van der Waals surface area contributed by atoms with E-state index in [9.17, 15) is 9.59 Å². The van der Waals surface area contributed by atoms with Crippen molar-refractivity contribution in [2.24, 2.45) is 5.11 Å². The van der Waals surface area contributed by atoms with Crippen LogP contribution in [0.25, 0.3) is 10.4 Å². The van der Waals surface area contributed by atoms with Gasteiger partial charge in [0.05, 0.1) is 5.69 Å². The van der Waals surface area contributed by atoms with Crippen molar-refractivity contribution in [1.82, 2.24) is 4.90 Å². The number of azide groups is 1. The van der Waals surface area contributed by atoms with Gasteiger partial charge in [-0.25, -0.2) is 0 Å². The lowest BCUT2D eigenvalue weighted by Gasteiger charge is -2.20. The van der Waals surface area contributed by atoms with E-state index in [-0.39, 0.29) is 23.2 Å². The van der Waals surface area contributed by atoms with Gasteiger partial charge < -0.3 is 0 Å². The van der Waals surface area contributed by atoms with E-state index in [1.165, 1.54) is 4.90 Å². The molecule has 1 fully saturated rings. The standard InChI is InChI=1S/C12H12N4O2/c1-8-6-7-11(17)16(8)12(18)9-4-2-3-5-10(9)14-15-13/h2-5,8H,6-7H2,1H3/t8-/m1/s1. The molecule has 92 valence electrons. The molecule has 6 nitrogen and oxygen atoms in total. The van der Waals surface area contributed by atoms with Crippen LogP contribution in [0.3, 0.4) is 0 Å². The van der Waals surface area contributed by atoms with Crippen LogP contribution in [0.4, 0.5) is 5.69 Å². The monoisotopic (exact) mass is 244 g/mol. The van der Waals surface area contributed by atoms with Gasteiger partial charge in [-0.3, -0.25) is 14.5 Å². The van der Waals surface area contributed by atoms with E-state index in [1.807, 2.05) is 6.92 Å².